The Morgan fingerprint density at radius 2 is 2.29 bits per heavy atom. The molecule has 0 spiro atoms. The Morgan fingerprint density at radius 3 is 3.06 bits per heavy atom. The summed E-state index contributed by atoms with van der Waals surface area (Å²) in [5.41, 5.74) is 0. The van der Waals surface area contributed by atoms with Gasteiger partial charge < -0.3 is 5.32 Å². The molecular formula is C13H19ClN2S. The van der Waals surface area contributed by atoms with Crippen LogP contribution in [-0.2, 0) is 0 Å². The number of aromatic nitrogens is 1. The maximum Gasteiger partial charge on any atom is 0.115 e. The van der Waals surface area contributed by atoms with E-state index in [1.165, 1.54) is 25.7 Å². The van der Waals surface area contributed by atoms with Crippen molar-refractivity contribution >= 4 is 23.4 Å². The summed E-state index contributed by atoms with van der Waals surface area (Å²) in [6.07, 6.45) is 7.01. The van der Waals surface area contributed by atoms with Crippen molar-refractivity contribution in [3.63, 3.8) is 0 Å². The van der Waals surface area contributed by atoms with Crippen molar-refractivity contribution in [1.29, 1.82) is 0 Å². The van der Waals surface area contributed by atoms with Gasteiger partial charge in [-0.25, -0.2) is 4.98 Å². The Labute approximate surface area is 113 Å². The van der Waals surface area contributed by atoms with Gasteiger partial charge in [0.1, 0.15) is 5.03 Å². The first kappa shape index (κ1) is 13.2. The number of hydrogen-bond donors (Lipinski definition) is 1. The van der Waals surface area contributed by atoms with Crippen molar-refractivity contribution in [3.8, 4) is 0 Å². The summed E-state index contributed by atoms with van der Waals surface area (Å²) in [4.78, 5) is 4.37. The molecule has 94 valence electrons. The molecule has 2 nitrogen and oxygen atoms in total. The lowest BCUT2D eigenvalue weighted by molar-refractivity contribution is 0.390. The molecule has 2 rings (SSSR count). The molecular weight excluding hydrogens is 252 g/mol. The largest absolute Gasteiger partial charge is 0.313 e. The SMILES string of the molecule is CCNC1CCCCC1Sc1ncccc1Cl. The van der Waals surface area contributed by atoms with Gasteiger partial charge in [0.25, 0.3) is 0 Å². The molecule has 1 aromatic rings. The molecule has 0 radical (unpaired) electrons. The molecule has 0 bridgehead atoms. The van der Waals surface area contributed by atoms with Crippen LogP contribution in [0.3, 0.4) is 0 Å². The zero-order chi connectivity index (χ0) is 12.1. The molecule has 1 saturated carbocycles. The average molecular weight is 271 g/mol. The third-order valence-corrected chi connectivity index (χ3v) is 4.99. The minimum Gasteiger partial charge on any atom is -0.313 e. The minimum atomic E-state index is 0.607. The molecule has 2 unspecified atom stereocenters. The highest BCUT2D eigenvalue weighted by molar-refractivity contribution is 8.00. The van der Waals surface area contributed by atoms with E-state index in [4.69, 9.17) is 11.6 Å². The first-order valence-electron chi connectivity index (χ1n) is 6.32. The molecule has 1 aliphatic carbocycles. The summed E-state index contributed by atoms with van der Waals surface area (Å²) >= 11 is 8.00. The zero-order valence-electron chi connectivity index (χ0n) is 10.2. The molecule has 4 heteroatoms. The predicted octanol–water partition coefficient (Wildman–Crippen LogP) is 3.75. The number of nitrogens with zero attached hydrogens (tertiary/aromatic N) is 1. The van der Waals surface area contributed by atoms with Gasteiger partial charge in [-0.05, 0) is 31.5 Å². The van der Waals surface area contributed by atoms with Crippen LogP contribution in [0, 0.1) is 0 Å². The molecule has 17 heavy (non-hydrogen) atoms. The highest BCUT2D eigenvalue weighted by atomic mass is 35.5. The van der Waals surface area contributed by atoms with Gasteiger partial charge in [-0.2, -0.15) is 0 Å². The second-order valence-electron chi connectivity index (χ2n) is 4.40. The molecule has 0 amide bonds. The van der Waals surface area contributed by atoms with E-state index in [0.29, 0.717) is 11.3 Å². The van der Waals surface area contributed by atoms with Crippen molar-refractivity contribution in [2.45, 2.75) is 48.9 Å². The Morgan fingerprint density at radius 1 is 1.47 bits per heavy atom. The van der Waals surface area contributed by atoms with Crippen LogP contribution in [0.15, 0.2) is 23.4 Å². The van der Waals surface area contributed by atoms with Crippen molar-refractivity contribution < 1.29 is 0 Å². The number of rotatable bonds is 4. The van der Waals surface area contributed by atoms with E-state index in [2.05, 4.69) is 17.2 Å². The maximum absolute atomic E-state index is 6.16. The van der Waals surface area contributed by atoms with E-state index in [-0.39, 0.29) is 0 Å². The molecule has 2 atom stereocenters. The Balaban J connectivity index is 2.03. The minimum absolute atomic E-state index is 0.607. The molecule has 1 aliphatic rings. The van der Waals surface area contributed by atoms with E-state index in [1.807, 2.05) is 30.1 Å². The summed E-state index contributed by atoms with van der Waals surface area (Å²) in [6.45, 7) is 3.21. The predicted molar refractivity (Wildman–Crippen MR) is 74.8 cm³/mol. The smallest absolute Gasteiger partial charge is 0.115 e. The van der Waals surface area contributed by atoms with Gasteiger partial charge in [-0.15, -0.1) is 0 Å². The Kier molecular flexibility index (Phi) is 5.14. The second-order valence-corrected chi connectivity index (χ2v) is 6.03. The van der Waals surface area contributed by atoms with Crippen LogP contribution in [0.1, 0.15) is 32.6 Å². The van der Waals surface area contributed by atoms with E-state index in [1.54, 1.807) is 0 Å². The lowest BCUT2D eigenvalue weighted by atomic mass is 9.95. The number of nitrogens with one attached hydrogen (secondary N) is 1. The fraction of sp³-hybridized carbons (Fsp3) is 0.615. The Bertz CT molecular complexity index is 357. The van der Waals surface area contributed by atoms with Gasteiger partial charge in [0.15, 0.2) is 0 Å². The van der Waals surface area contributed by atoms with Crippen LogP contribution in [-0.4, -0.2) is 22.8 Å². The summed E-state index contributed by atoms with van der Waals surface area (Å²) in [7, 11) is 0. The van der Waals surface area contributed by atoms with E-state index in [0.717, 1.165) is 16.6 Å². The van der Waals surface area contributed by atoms with Gasteiger partial charge >= 0.3 is 0 Å². The van der Waals surface area contributed by atoms with Crippen molar-refractivity contribution in [2.24, 2.45) is 0 Å². The van der Waals surface area contributed by atoms with Crippen molar-refractivity contribution in [3.05, 3.63) is 23.4 Å². The fourth-order valence-corrected chi connectivity index (χ4v) is 3.86. The topological polar surface area (TPSA) is 24.9 Å². The van der Waals surface area contributed by atoms with E-state index < -0.39 is 0 Å². The highest BCUT2D eigenvalue weighted by Gasteiger charge is 2.26. The molecule has 0 saturated heterocycles. The molecule has 0 aliphatic heterocycles. The number of hydrogen-bond acceptors (Lipinski definition) is 3. The quantitative estimate of drug-likeness (QED) is 0.902. The molecule has 1 heterocycles. The number of pyridine rings is 1. The third kappa shape index (κ3) is 3.60. The standard InChI is InChI=1S/C13H19ClN2S/c1-2-15-11-7-3-4-8-12(11)17-13-10(14)6-5-9-16-13/h5-6,9,11-12,15H,2-4,7-8H2,1H3. The normalized spacial score (nSPS) is 24.8. The van der Waals surface area contributed by atoms with Gasteiger partial charge in [0.2, 0.25) is 0 Å². The van der Waals surface area contributed by atoms with Gasteiger partial charge in [0, 0.05) is 17.5 Å². The van der Waals surface area contributed by atoms with Crippen LogP contribution in [0.2, 0.25) is 5.02 Å². The average Bonchev–Trinajstić information content (AvgIpc) is 2.35. The number of halogens is 1. The maximum atomic E-state index is 6.16. The summed E-state index contributed by atoms with van der Waals surface area (Å²) in [5.74, 6) is 0. The molecule has 1 fully saturated rings. The molecule has 0 aromatic carbocycles. The lowest BCUT2D eigenvalue weighted by Gasteiger charge is -2.31. The van der Waals surface area contributed by atoms with Gasteiger partial charge in [0.05, 0.1) is 5.02 Å². The lowest BCUT2D eigenvalue weighted by Crippen LogP contribution is -2.40. The first-order valence-corrected chi connectivity index (χ1v) is 7.57. The van der Waals surface area contributed by atoms with E-state index >= 15 is 0 Å². The van der Waals surface area contributed by atoms with Crippen LogP contribution >= 0.6 is 23.4 Å². The Hall–Kier alpha value is -0.250. The summed E-state index contributed by atoms with van der Waals surface area (Å²) < 4.78 is 0. The van der Waals surface area contributed by atoms with Gasteiger partial charge in [-0.1, -0.05) is 43.1 Å². The van der Waals surface area contributed by atoms with Crippen LogP contribution < -0.4 is 5.32 Å². The third-order valence-electron chi connectivity index (χ3n) is 3.16. The monoisotopic (exact) mass is 270 g/mol. The first-order chi connectivity index (χ1) is 8.31. The van der Waals surface area contributed by atoms with Crippen molar-refractivity contribution in [2.75, 3.05) is 6.54 Å². The summed E-state index contributed by atoms with van der Waals surface area (Å²) in [5, 5.41) is 5.94. The fourth-order valence-electron chi connectivity index (χ4n) is 2.33. The number of thioether (sulfide) groups is 1. The van der Waals surface area contributed by atoms with E-state index in [9.17, 15) is 0 Å². The molecule has 1 aromatic heterocycles. The zero-order valence-corrected chi connectivity index (χ0v) is 11.7. The van der Waals surface area contributed by atoms with Crippen LogP contribution in [0.4, 0.5) is 0 Å². The van der Waals surface area contributed by atoms with Crippen LogP contribution in [0.25, 0.3) is 0 Å². The highest BCUT2D eigenvalue weighted by Crippen LogP contribution is 2.35. The molecule has 1 N–H and O–H groups in total. The van der Waals surface area contributed by atoms with Crippen LogP contribution in [0.5, 0.6) is 0 Å². The van der Waals surface area contributed by atoms with Gasteiger partial charge in [-0.3, -0.25) is 0 Å². The van der Waals surface area contributed by atoms with Crippen molar-refractivity contribution in [1.82, 2.24) is 10.3 Å². The summed E-state index contributed by atoms with van der Waals surface area (Å²) in [6, 6.07) is 4.41. The second kappa shape index (κ2) is 6.62.